The minimum atomic E-state index is -0.156. The van der Waals surface area contributed by atoms with Gasteiger partial charge < -0.3 is 10.6 Å². The van der Waals surface area contributed by atoms with Crippen LogP contribution in [-0.2, 0) is 16.1 Å². The molecule has 0 saturated carbocycles. The Morgan fingerprint density at radius 2 is 1.71 bits per heavy atom. The zero-order valence-corrected chi connectivity index (χ0v) is 20.0. The van der Waals surface area contributed by atoms with E-state index in [4.69, 9.17) is 5.10 Å². The van der Waals surface area contributed by atoms with Crippen molar-refractivity contribution in [2.45, 2.75) is 39.7 Å². The van der Waals surface area contributed by atoms with E-state index in [1.54, 1.807) is 17.1 Å². The van der Waals surface area contributed by atoms with E-state index >= 15 is 0 Å². The van der Waals surface area contributed by atoms with Gasteiger partial charge in [0.25, 0.3) is 0 Å². The summed E-state index contributed by atoms with van der Waals surface area (Å²) in [6.45, 7) is 4.39. The Morgan fingerprint density at radius 3 is 2.46 bits per heavy atom. The van der Waals surface area contributed by atoms with Crippen molar-refractivity contribution in [1.82, 2.24) is 20.1 Å². The van der Waals surface area contributed by atoms with Crippen molar-refractivity contribution in [3.8, 4) is 16.8 Å². The highest BCUT2D eigenvalue weighted by Gasteiger charge is 2.20. The maximum absolute atomic E-state index is 12.9. The van der Waals surface area contributed by atoms with E-state index < -0.39 is 0 Å². The van der Waals surface area contributed by atoms with Crippen molar-refractivity contribution in [2.75, 3.05) is 5.32 Å². The van der Waals surface area contributed by atoms with Crippen molar-refractivity contribution in [1.29, 1.82) is 0 Å². The maximum Gasteiger partial charge on any atom is 0.225 e. The van der Waals surface area contributed by atoms with Crippen LogP contribution < -0.4 is 10.6 Å². The van der Waals surface area contributed by atoms with Gasteiger partial charge >= 0.3 is 0 Å². The number of hydrogen-bond donors (Lipinski definition) is 2. The lowest BCUT2D eigenvalue weighted by Gasteiger charge is -2.12. The molecule has 7 nitrogen and oxygen atoms in total. The minimum absolute atomic E-state index is 0.0905. The zero-order valence-electron chi connectivity index (χ0n) is 20.0. The van der Waals surface area contributed by atoms with Crippen LogP contribution in [0.5, 0.6) is 0 Å². The number of anilines is 1. The van der Waals surface area contributed by atoms with Gasteiger partial charge in [0.15, 0.2) is 0 Å². The molecule has 2 aromatic carbocycles. The van der Waals surface area contributed by atoms with Crippen molar-refractivity contribution >= 4 is 17.6 Å². The predicted molar refractivity (Wildman–Crippen MR) is 137 cm³/mol. The number of rotatable bonds is 9. The van der Waals surface area contributed by atoms with E-state index in [2.05, 4.69) is 15.6 Å². The lowest BCUT2D eigenvalue weighted by Crippen LogP contribution is -2.23. The van der Waals surface area contributed by atoms with Crippen LogP contribution in [0.15, 0.2) is 79.1 Å². The fourth-order valence-corrected chi connectivity index (χ4v) is 3.94. The average Bonchev–Trinajstić information content (AvgIpc) is 3.19. The minimum Gasteiger partial charge on any atom is -0.352 e. The quantitative estimate of drug-likeness (QED) is 0.363. The highest BCUT2D eigenvalue weighted by atomic mass is 16.2. The molecule has 0 radical (unpaired) electrons. The van der Waals surface area contributed by atoms with Gasteiger partial charge in [0.05, 0.1) is 11.4 Å². The van der Waals surface area contributed by atoms with Gasteiger partial charge in [0.2, 0.25) is 11.8 Å². The number of amides is 2. The SMILES string of the molecule is Cc1cccc(-n2nc(C)c(-c3ccccc3)c2NC(=O)CCCC(=O)NCc2cccnc2)c1. The molecule has 0 atom stereocenters. The van der Waals surface area contributed by atoms with Crippen LogP contribution >= 0.6 is 0 Å². The van der Waals surface area contributed by atoms with Crippen LogP contribution in [0.25, 0.3) is 16.8 Å². The Hall–Kier alpha value is -4.26. The first kappa shape index (κ1) is 23.9. The molecular formula is C28H29N5O2. The van der Waals surface area contributed by atoms with E-state index in [0.29, 0.717) is 18.8 Å². The molecule has 0 saturated heterocycles. The molecule has 35 heavy (non-hydrogen) atoms. The summed E-state index contributed by atoms with van der Waals surface area (Å²) in [5, 5.41) is 10.7. The summed E-state index contributed by atoms with van der Waals surface area (Å²) >= 11 is 0. The van der Waals surface area contributed by atoms with Gasteiger partial charge in [-0.05, 0) is 55.2 Å². The molecule has 7 heteroatoms. The normalized spacial score (nSPS) is 10.7. The lowest BCUT2D eigenvalue weighted by atomic mass is 10.1. The van der Waals surface area contributed by atoms with Gasteiger partial charge in [-0.15, -0.1) is 0 Å². The summed E-state index contributed by atoms with van der Waals surface area (Å²) in [6.07, 6.45) is 4.36. The topological polar surface area (TPSA) is 88.9 Å². The number of pyridine rings is 1. The van der Waals surface area contributed by atoms with Gasteiger partial charge in [-0.3, -0.25) is 14.6 Å². The number of aromatic nitrogens is 3. The molecule has 0 fully saturated rings. The fraction of sp³-hybridized carbons (Fsp3) is 0.214. The standard InChI is InChI=1S/C28H29N5O2/c1-20-9-6-13-24(17-20)33-28(27(21(2)32-33)23-11-4-3-5-12-23)31-26(35)15-7-14-25(34)30-19-22-10-8-16-29-18-22/h3-6,8-13,16-18H,7,14-15,19H2,1-2H3,(H,30,34)(H,31,35). The molecule has 0 spiro atoms. The molecule has 0 bridgehead atoms. The molecule has 0 aliphatic carbocycles. The molecule has 4 aromatic rings. The van der Waals surface area contributed by atoms with Crippen molar-refractivity contribution in [3.63, 3.8) is 0 Å². The molecule has 0 aliphatic heterocycles. The first-order chi connectivity index (χ1) is 17.0. The summed E-state index contributed by atoms with van der Waals surface area (Å²) in [7, 11) is 0. The Kier molecular flexibility index (Phi) is 7.67. The third-order valence-electron chi connectivity index (χ3n) is 5.65. The Labute approximate surface area is 205 Å². The summed E-state index contributed by atoms with van der Waals surface area (Å²) in [4.78, 5) is 29.2. The third kappa shape index (κ3) is 6.20. The van der Waals surface area contributed by atoms with E-state index in [0.717, 1.165) is 33.6 Å². The molecule has 178 valence electrons. The van der Waals surface area contributed by atoms with Gasteiger partial charge in [-0.2, -0.15) is 5.10 Å². The van der Waals surface area contributed by atoms with Crippen molar-refractivity contribution in [2.24, 2.45) is 0 Å². The molecule has 4 rings (SSSR count). The molecular weight excluding hydrogens is 438 g/mol. The number of benzene rings is 2. The highest BCUT2D eigenvalue weighted by molar-refractivity contribution is 5.95. The van der Waals surface area contributed by atoms with Crippen LogP contribution in [0.2, 0.25) is 0 Å². The molecule has 2 heterocycles. The molecule has 2 aromatic heterocycles. The van der Waals surface area contributed by atoms with E-state index in [1.165, 1.54) is 0 Å². The average molecular weight is 468 g/mol. The molecule has 0 unspecified atom stereocenters. The first-order valence-electron chi connectivity index (χ1n) is 11.7. The van der Waals surface area contributed by atoms with Crippen LogP contribution in [0.3, 0.4) is 0 Å². The van der Waals surface area contributed by atoms with E-state index in [1.807, 2.05) is 80.6 Å². The summed E-state index contributed by atoms with van der Waals surface area (Å²) in [5.74, 6) is 0.383. The maximum atomic E-state index is 12.9. The number of hydrogen-bond acceptors (Lipinski definition) is 4. The van der Waals surface area contributed by atoms with Gasteiger partial charge in [0.1, 0.15) is 5.82 Å². The van der Waals surface area contributed by atoms with Crippen molar-refractivity contribution in [3.05, 3.63) is 95.9 Å². The molecule has 2 N–H and O–H groups in total. The Morgan fingerprint density at radius 1 is 0.914 bits per heavy atom. The van der Waals surface area contributed by atoms with Crippen LogP contribution in [0, 0.1) is 13.8 Å². The van der Waals surface area contributed by atoms with Gasteiger partial charge in [0, 0.05) is 37.3 Å². The predicted octanol–water partition coefficient (Wildman–Crippen LogP) is 4.98. The summed E-state index contributed by atoms with van der Waals surface area (Å²) in [5.41, 5.74) is 5.60. The summed E-state index contributed by atoms with van der Waals surface area (Å²) < 4.78 is 1.78. The Bertz CT molecular complexity index is 1300. The lowest BCUT2D eigenvalue weighted by molar-refractivity contribution is -0.121. The molecule has 0 aliphatic rings. The van der Waals surface area contributed by atoms with Crippen LogP contribution in [0.4, 0.5) is 5.82 Å². The second kappa shape index (κ2) is 11.2. The zero-order chi connectivity index (χ0) is 24.6. The van der Waals surface area contributed by atoms with Gasteiger partial charge in [-0.1, -0.05) is 48.5 Å². The summed E-state index contributed by atoms with van der Waals surface area (Å²) in [6, 6.07) is 21.6. The number of aryl methyl sites for hydroxylation is 2. The van der Waals surface area contributed by atoms with E-state index in [-0.39, 0.29) is 24.7 Å². The van der Waals surface area contributed by atoms with E-state index in [9.17, 15) is 9.59 Å². The van der Waals surface area contributed by atoms with Crippen molar-refractivity contribution < 1.29 is 9.59 Å². The second-order valence-electron chi connectivity index (χ2n) is 8.47. The van der Waals surface area contributed by atoms with Crippen LogP contribution in [-0.4, -0.2) is 26.6 Å². The number of nitrogens with zero attached hydrogens (tertiary/aromatic N) is 3. The largest absolute Gasteiger partial charge is 0.352 e. The fourth-order valence-electron chi connectivity index (χ4n) is 3.94. The smallest absolute Gasteiger partial charge is 0.225 e. The molecule has 2 amide bonds. The highest BCUT2D eigenvalue weighted by Crippen LogP contribution is 2.33. The third-order valence-corrected chi connectivity index (χ3v) is 5.65. The van der Waals surface area contributed by atoms with Gasteiger partial charge in [-0.25, -0.2) is 4.68 Å². The Balaban J connectivity index is 1.45. The monoisotopic (exact) mass is 467 g/mol. The number of nitrogens with one attached hydrogen (secondary N) is 2. The second-order valence-corrected chi connectivity index (χ2v) is 8.47. The number of carbonyl (C=O) groups excluding carboxylic acids is 2. The number of carbonyl (C=O) groups is 2. The first-order valence-corrected chi connectivity index (χ1v) is 11.7. The van der Waals surface area contributed by atoms with Crippen LogP contribution in [0.1, 0.15) is 36.1 Å².